The molecule has 2 fully saturated rings. The van der Waals surface area contributed by atoms with Crippen LogP contribution in [0.5, 0.6) is 0 Å². The fraction of sp³-hybridized carbons (Fsp3) is 1.00. The third kappa shape index (κ3) is 2.60. The predicted molar refractivity (Wildman–Crippen MR) is 69.6 cm³/mol. The van der Waals surface area contributed by atoms with Crippen LogP contribution < -0.4 is 5.32 Å². The Kier molecular flexibility index (Phi) is 4.26. The highest BCUT2D eigenvalue weighted by Crippen LogP contribution is 2.30. The molecule has 2 nitrogen and oxygen atoms in total. The summed E-state index contributed by atoms with van der Waals surface area (Å²) < 4.78 is 0. The van der Waals surface area contributed by atoms with E-state index in [0.29, 0.717) is 0 Å². The molecule has 4 atom stereocenters. The Morgan fingerprint density at radius 1 is 1.12 bits per heavy atom. The average Bonchev–Trinajstić information content (AvgIpc) is 2.72. The van der Waals surface area contributed by atoms with Crippen LogP contribution in [0.4, 0.5) is 0 Å². The van der Waals surface area contributed by atoms with Gasteiger partial charge in [0.15, 0.2) is 0 Å². The summed E-state index contributed by atoms with van der Waals surface area (Å²) in [4.78, 5) is 2.74. The van der Waals surface area contributed by atoms with Crippen molar-refractivity contribution in [2.24, 2.45) is 11.8 Å². The highest BCUT2D eigenvalue weighted by atomic mass is 15.2. The Hall–Kier alpha value is -0.0800. The number of piperidine rings is 1. The molecule has 0 spiro atoms. The first kappa shape index (κ1) is 12.4. The molecule has 1 aliphatic carbocycles. The Morgan fingerprint density at radius 3 is 2.69 bits per heavy atom. The molecular weight excluding hydrogens is 196 g/mol. The van der Waals surface area contributed by atoms with Gasteiger partial charge < -0.3 is 10.2 Å². The Labute approximate surface area is 101 Å². The summed E-state index contributed by atoms with van der Waals surface area (Å²) >= 11 is 0. The second-order valence-electron chi connectivity index (χ2n) is 5.94. The van der Waals surface area contributed by atoms with Gasteiger partial charge in [0.2, 0.25) is 0 Å². The molecule has 1 heterocycles. The molecule has 0 aromatic carbocycles. The second-order valence-corrected chi connectivity index (χ2v) is 5.94. The van der Waals surface area contributed by atoms with Crippen molar-refractivity contribution in [3.8, 4) is 0 Å². The quantitative estimate of drug-likeness (QED) is 0.792. The number of nitrogens with zero attached hydrogens (tertiary/aromatic N) is 1. The molecule has 0 bridgehead atoms. The van der Waals surface area contributed by atoms with Crippen molar-refractivity contribution in [2.45, 2.75) is 58.0 Å². The number of nitrogens with one attached hydrogen (secondary N) is 1. The van der Waals surface area contributed by atoms with Crippen LogP contribution in [0.25, 0.3) is 0 Å². The summed E-state index contributed by atoms with van der Waals surface area (Å²) in [6.07, 6.45) is 7.08. The molecule has 0 aromatic heterocycles. The second kappa shape index (κ2) is 5.50. The lowest BCUT2D eigenvalue weighted by molar-refractivity contribution is 0.0913. The maximum Gasteiger partial charge on any atom is 0.0104 e. The smallest absolute Gasteiger partial charge is 0.0104 e. The highest BCUT2D eigenvalue weighted by molar-refractivity contribution is 4.87. The van der Waals surface area contributed by atoms with Gasteiger partial charge in [0.1, 0.15) is 0 Å². The Morgan fingerprint density at radius 2 is 1.94 bits per heavy atom. The van der Waals surface area contributed by atoms with E-state index >= 15 is 0 Å². The number of hydrogen-bond acceptors (Lipinski definition) is 2. The van der Waals surface area contributed by atoms with Crippen LogP contribution in [0, 0.1) is 11.8 Å². The van der Waals surface area contributed by atoms with Gasteiger partial charge in [-0.3, -0.25) is 0 Å². The monoisotopic (exact) mass is 224 g/mol. The Balaban J connectivity index is 1.88. The summed E-state index contributed by atoms with van der Waals surface area (Å²) in [5.41, 5.74) is 0. The van der Waals surface area contributed by atoms with Gasteiger partial charge in [-0.05, 0) is 58.0 Å². The molecule has 0 amide bonds. The van der Waals surface area contributed by atoms with Crippen LogP contribution in [-0.4, -0.2) is 37.1 Å². The summed E-state index contributed by atoms with van der Waals surface area (Å²) in [5, 5.41) is 3.50. The lowest BCUT2D eigenvalue weighted by Crippen LogP contribution is -2.47. The Bertz CT molecular complexity index is 217. The van der Waals surface area contributed by atoms with E-state index in [1.165, 1.54) is 45.2 Å². The molecule has 0 aromatic rings. The minimum Gasteiger partial charge on any atom is -0.317 e. The highest BCUT2D eigenvalue weighted by Gasteiger charge is 2.31. The van der Waals surface area contributed by atoms with E-state index in [0.717, 1.165) is 23.9 Å². The van der Waals surface area contributed by atoms with Crippen molar-refractivity contribution in [1.29, 1.82) is 0 Å². The van der Waals surface area contributed by atoms with Crippen LogP contribution in [0.2, 0.25) is 0 Å². The van der Waals surface area contributed by atoms with Crippen LogP contribution in [-0.2, 0) is 0 Å². The van der Waals surface area contributed by atoms with Gasteiger partial charge in [0, 0.05) is 18.6 Å². The maximum absolute atomic E-state index is 3.50. The van der Waals surface area contributed by atoms with E-state index in [4.69, 9.17) is 0 Å². The van der Waals surface area contributed by atoms with E-state index < -0.39 is 0 Å². The van der Waals surface area contributed by atoms with Crippen molar-refractivity contribution >= 4 is 0 Å². The van der Waals surface area contributed by atoms with E-state index in [9.17, 15) is 0 Å². The van der Waals surface area contributed by atoms with Crippen LogP contribution in [0.3, 0.4) is 0 Å². The molecule has 1 aliphatic heterocycles. The molecule has 2 rings (SSSR count). The predicted octanol–water partition coefficient (Wildman–Crippen LogP) is 2.49. The minimum absolute atomic E-state index is 0.782. The number of likely N-dealkylation sites (tertiary alicyclic amines) is 1. The number of rotatable bonds is 3. The fourth-order valence-electron chi connectivity index (χ4n) is 3.62. The molecule has 2 aliphatic rings. The lowest BCUT2D eigenvalue weighted by atomic mass is 9.90. The normalized spacial score (nSPS) is 41.4. The summed E-state index contributed by atoms with van der Waals surface area (Å²) in [6, 6.07) is 1.58. The molecule has 94 valence electrons. The SMILES string of the molecule is CNC1CCCC1CN1CCCC(C)C1C. The van der Waals surface area contributed by atoms with Gasteiger partial charge in [-0.2, -0.15) is 0 Å². The molecule has 4 unspecified atom stereocenters. The molecular formula is C14H28N2. The van der Waals surface area contributed by atoms with E-state index in [1.54, 1.807) is 0 Å². The van der Waals surface area contributed by atoms with Crippen molar-refractivity contribution in [2.75, 3.05) is 20.1 Å². The van der Waals surface area contributed by atoms with Gasteiger partial charge in [0.25, 0.3) is 0 Å². The summed E-state index contributed by atoms with van der Waals surface area (Å²) in [5.74, 6) is 1.79. The van der Waals surface area contributed by atoms with E-state index in [-0.39, 0.29) is 0 Å². The van der Waals surface area contributed by atoms with Gasteiger partial charge in [0.05, 0.1) is 0 Å². The van der Waals surface area contributed by atoms with Crippen LogP contribution in [0.15, 0.2) is 0 Å². The molecule has 16 heavy (non-hydrogen) atoms. The van der Waals surface area contributed by atoms with Gasteiger partial charge in [-0.25, -0.2) is 0 Å². The van der Waals surface area contributed by atoms with E-state index in [1.807, 2.05) is 0 Å². The zero-order valence-corrected chi connectivity index (χ0v) is 11.2. The molecule has 2 heteroatoms. The molecule has 0 radical (unpaired) electrons. The third-order valence-corrected chi connectivity index (χ3v) is 5.00. The molecule has 1 saturated carbocycles. The first-order chi connectivity index (χ1) is 7.72. The zero-order chi connectivity index (χ0) is 11.5. The largest absolute Gasteiger partial charge is 0.317 e. The van der Waals surface area contributed by atoms with Gasteiger partial charge in [-0.15, -0.1) is 0 Å². The van der Waals surface area contributed by atoms with Crippen LogP contribution in [0.1, 0.15) is 46.0 Å². The summed E-state index contributed by atoms with van der Waals surface area (Å²) in [7, 11) is 2.13. The maximum atomic E-state index is 3.50. The lowest BCUT2D eigenvalue weighted by Gasteiger charge is -2.40. The van der Waals surface area contributed by atoms with Gasteiger partial charge in [-0.1, -0.05) is 13.3 Å². The first-order valence-corrected chi connectivity index (χ1v) is 7.13. The van der Waals surface area contributed by atoms with Crippen molar-refractivity contribution in [3.63, 3.8) is 0 Å². The van der Waals surface area contributed by atoms with Crippen LogP contribution >= 0.6 is 0 Å². The average molecular weight is 224 g/mol. The fourth-order valence-corrected chi connectivity index (χ4v) is 3.62. The van der Waals surface area contributed by atoms with Gasteiger partial charge >= 0.3 is 0 Å². The number of hydrogen-bond donors (Lipinski definition) is 1. The van der Waals surface area contributed by atoms with Crippen molar-refractivity contribution in [1.82, 2.24) is 10.2 Å². The first-order valence-electron chi connectivity index (χ1n) is 7.13. The summed E-state index contributed by atoms with van der Waals surface area (Å²) in [6.45, 7) is 7.50. The van der Waals surface area contributed by atoms with Crippen molar-refractivity contribution < 1.29 is 0 Å². The topological polar surface area (TPSA) is 15.3 Å². The van der Waals surface area contributed by atoms with E-state index in [2.05, 4.69) is 31.1 Å². The minimum atomic E-state index is 0.782. The van der Waals surface area contributed by atoms with Crippen molar-refractivity contribution in [3.05, 3.63) is 0 Å². The molecule has 1 N–H and O–H groups in total. The zero-order valence-electron chi connectivity index (χ0n) is 11.2. The third-order valence-electron chi connectivity index (χ3n) is 5.00. The standard InChI is InChI=1S/C14H28N2/c1-11-6-5-9-16(12(11)2)10-13-7-4-8-14(13)15-3/h11-15H,4-10H2,1-3H3. The molecule has 1 saturated heterocycles.